The van der Waals surface area contributed by atoms with Crippen LogP contribution in [0.2, 0.25) is 0 Å². The molecule has 1 atom stereocenters. The zero-order valence-electron chi connectivity index (χ0n) is 12.3. The smallest absolute Gasteiger partial charge is 0.0197 e. The van der Waals surface area contributed by atoms with Crippen LogP contribution in [-0.2, 0) is 0 Å². The van der Waals surface area contributed by atoms with Crippen molar-refractivity contribution in [1.29, 1.82) is 0 Å². The number of allylic oxidation sites excluding steroid dienone is 1. The van der Waals surface area contributed by atoms with Crippen molar-refractivity contribution in [2.45, 2.75) is 52.0 Å². The molecule has 1 unspecified atom stereocenters. The zero-order chi connectivity index (χ0) is 13.1. The minimum absolute atomic E-state index is 0.643. The number of hydrogen-bond acceptors (Lipinski definition) is 2. The van der Waals surface area contributed by atoms with Gasteiger partial charge in [-0.15, -0.1) is 6.58 Å². The highest BCUT2D eigenvalue weighted by Gasteiger charge is 2.10. The molecule has 1 N–H and O–H groups in total. The maximum atomic E-state index is 3.75. The molecular formula is C15H32N2. The quantitative estimate of drug-likeness (QED) is 0.440. The Morgan fingerprint density at radius 3 is 2.41 bits per heavy atom. The van der Waals surface area contributed by atoms with Gasteiger partial charge < -0.3 is 10.2 Å². The van der Waals surface area contributed by atoms with Crippen LogP contribution in [0.15, 0.2) is 12.7 Å². The standard InChI is InChI=1S/C15H32N2/c1-6-7-8-9-10-11-16-15(12-14(2)3)13-17(4)5/h6,14-16H,1,7-13H2,2-5H3. The van der Waals surface area contributed by atoms with Crippen molar-refractivity contribution in [3.05, 3.63) is 12.7 Å². The van der Waals surface area contributed by atoms with Gasteiger partial charge in [0.25, 0.3) is 0 Å². The molecule has 0 aromatic rings. The van der Waals surface area contributed by atoms with Crippen LogP contribution in [0.25, 0.3) is 0 Å². The number of likely N-dealkylation sites (N-methyl/N-ethyl adjacent to an activating group) is 1. The Balaban J connectivity index is 3.64. The highest BCUT2D eigenvalue weighted by Crippen LogP contribution is 2.06. The van der Waals surface area contributed by atoms with E-state index in [0.717, 1.165) is 25.4 Å². The molecule has 0 saturated heterocycles. The lowest BCUT2D eigenvalue weighted by atomic mass is 10.0. The summed E-state index contributed by atoms with van der Waals surface area (Å²) in [4.78, 5) is 2.28. The second kappa shape index (κ2) is 10.8. The second-order valence-corrected chi connectivity index (χ2v) is 5.68. The molecular weight excluding hydrogens is 208 g/mol. The maximum absolute atomic E-state index is 3.75. The summed E-state index contributed by atoms with van der Waals surface area (Å²) in [5, 5.41) is 3.69. The van der Waals surface area contributed by atoms with Crippen LogP contribution in [0.4, 0.5) is 0 Å². The van der Waals surface area contributed by atoms with Gasteiger partial charge in [0.2, 0.25) is 0 Å². The average molecular weight is 240 g/mol. The van der Waals surface area contributed by atoms with Crippen LogP contribution < -0.4 is 5.32 Å². The summed E-state index contributed by atoms with van der Waals surface area (Å²) < 4.78 is 0. The Hall–Kier alpha value is -0.340. The first kappa shape index (κ1) is 16.7. The normalized spacial score (nSPS) is 13.3. The number of unbranched alkanes of at least 4 members (excludes halogenated alkanes) is 3. The molecule has 17 heavy (non-hydrogen) atoms. The number of nitrogens with one attached hydrogen (secondary N) is 1. The van der Waals surface area contributed by atoms with E-state index in [2.05, 4.69) is 44.7 Å². The van der Waals surface area contributed by atoms with E-state index in [-0.39, 0.29) is 0 Å². The Morgan fingerprint density at radius 1 is 1.18 bits per heavy atom. The van der Waals surface area contributed by atoms with Crippen molar-refractivity contribution in [3.8, 4) is 0 Å². The van der Waals surface area contributed by atoms with Gasteiger partial charge in [0.1, 0.15) is 0 Å². The molecule has 0 spiro atoms. The fraction of sp³-hybridized carbons (Fsp3) is 0.867. The Bertz CT molecular complexity index is 166. The van der Waals surface area contributed by atoms with Crippen LogP contribution in [0.3, 0.4) is 0 Å². The van der Waals surface area contributed by atoms with Crippen molar-refractivity contribution in [2.75, 3.05) is 27.2 Å². The third-order valence-electron chi connectivity index (χ3n) is 2.86. The predicted molar refractivity (Wildman–Crippen MR) is 78.5 cm³/mol. The molecule has 0 aliphatic carbocycles. The molecule has 0 bridgehead atoms. The van der Waals surface area contributed by atoms with E-state index in [1.807, 2.05) is 6.08 Å². The second-order valence-electron chi connectivity index (χ2n) is 5.68. The van der Waals surface area contributed by atoms with Gasteiger partial charge in [-0.2, -0.15) is 0 Å². The highest BCUT2D eigenvalue weighted by atomic mass is 15.1. The minimum Gasteiger partial charge on any atom is -0.313 e. The molecule has 0 aliphatic rings. The number of rotatable bonds is 11. The predicted octanol–water partition coefficient (Wildman–Crippen LogP) is 3.30. The summed E-state index contributed by atoms with van der Waals surface area (Å²) in [5.74, 6) is 0.771. The highest BCUT2D eigenvalue weighted by molar-refractivity contribution is 4.71. The third kappa shape index (κ3) is 11.9. The van der Waals surface area contributed by atoms with Gasteiger partial charge in [-0.05, 0) is 52.2 Å². The summed E-state index contributed by atoms with van der Waals surface area (Å²) in [6.45, 7) is 10.6. The van der Waals surface area contributed by atoms with Crippen LogP contribution >= 0.6 is 0 Å². The SMILES string of the molecule is C=CCCCCCNC(CC(C)C)CN(C)C. The van der Waals surface area contributed by atoms with Crippen molar-refractivity contribution in [1.82, 2.24) is 10.2 Å². The molecule has 0 rings (SSSR count). The van der Waals surface area contributed by atoms with E-state index < -0.39 is 0 Å². The lowest BCUT2D eigenvalue weighted by Crippen LogP contribution is -2.39. The maximum Gasteiger partial charge on any atom is 0.0197 e. The number of hydrogen-bond donors (Lipinski definition) is 1. The van der Waals surface area contributed by atoms with Crippen LogP contribution in [-0.4, -0.2) is 38.1 Å². The molecule has 0 aliphatic heterocycles. The Labute approximate surface area is 108 Å². The Kier molecular flexibility index (Phi) is 10.6. The topological polar surface area (TPSA) is 15.3 Å². The van der Waals surface area contributed by atoms with E-state index in [9.17, 15) is 0 Å². The van der Waals surface area contributed by atoms with Gasteiger partial charge >= 0.3 is 0 Å². The molecule has 2 heteroatoms. The third-order valence-corrected chi connectivity index (χ3v) is 2.86. The van der Waals surface area contributed by atoms with E-state index in [0.29, 0.717) is 6.04 Å². The first-order chi connectivity index (χ1) is 8.06. The summed E-state index contributed by atoms with van der Waals surface area (Å²) in [7, 11) is 4.30. The molecule has 0 amide bonds. The van der Waals surface area contributed by atoms with Crippen molar-refractivity contribution in [2.24, 2.45) is 5.92 Å². The van der Waals surface area contributed by atoms with Crippen LogP contribution in [0.5, 0.6) is 0 Å². The summed E-state index contributed by atoms with van der Waals surface area (Å²) >= 11 is 0. The molecule has 0 saturated carbocycles. The molecule has 0 fully saturated rings. The van der Waals surface area contributed by atoms with Crippen LogP contribution in [0, 0.1) is 5.92 Å². The van der Waals surface area contributed by atoms with E-state index >= 15 is 0 Å². The molecule has 0 aromatic carbocycles. The summed E-state index contributed by atoms with van der Waals surface area (Å²) in [6.07, 6.45) is 8.33. The summed E-state index contributed by atoms with van der Waals surface area (Å²) in [5.41, 5.74) is 0. The van der Waals surface area contributed by atoms with Gasteiger partial charge in [-0.25, -0.2) is 0 Å². The average Bonchev–Trinajstić information content (AvgIpc) is 2.21. The molecule has 102 valence electrons. The van der Waals surface area contributed by atoms with Crippen LogP contribution in [0.1, 0.15) is 46.0 Å². The first-order valence-electron chi connectivity index (χ1n) is 7.05. The largest absolute Gasteiger partial charge is 0.313 e. The van der Waals surface area contributed by atoms with E-state index in [4.69, 9.17) is 0 Å². The summed E-state index contributed by atoms with van der Waals surface area (Å²) in [6, 6.07) is 0.643. The molecule has 0 aromatic heterocycles. The van der Waals surface area contributed by atoms with E-state index in [1.165, 1.54) is 25.7 Å². The lowest BCUT2D eigenvalue weighted by Gasteiger charge is -2.24. The van der Waals surface area contributed by atoms with Crippen molar-refractivity contribution in [3.63, 3.8) is 0 Å². The van der Waals surface area contributed by atoms with Gasteiger partial charge in [0.15, 0.2) is 0 Å². The van der Waals surface area contributed by atoms with Gasteiger partial charge in [0.05, 0.1) is 0 Å². The monoisotopic (exact) mass is 240 g/mol. The molecule has 2 nitrogen and oxygen atoms in total. The fourth-order valence-electron chi connectivity index (χ4n) is 2.13. The fourth-order valence-corrected chi connectivity index (χ4v) is 2.13. The van der Waals surface area contributed by atoms with E-state index in [1.54, 1.807) is 0 Å². The molecule has 0 heterocycles. The van der Waals surface area contributed by atoms with Crippen molar-refractivity contribution >= 4 is 0 Å². The lowest BCUT2D eigenvalue weighted by molar-refractivity contribution is 0.305. The van der Waals surface area contributed by atoms with Gasteiger partial charge in [-0.1, -0.05) is 26.3 Å². The minimum atomic E-state index is 0.643. The first-order valence-corrected chi connectivity index (χ1v) is 7.05. The number of nitrogens with zero attached hydrogens (tertiary/aromatic N) is 1. The van der Waals surface area contributed by atoms with Gasteiger partial charge in [0, 0.05) is 12.6 Å². The van der Waals surface area contributed by atoms with Crippen molar-refractivity contribution < 1.29 is 0 Å². The zero-order valence-corrected chi connectivity index (χ0v) is 12.3. The Morgan fingerprint density at radius 2 is 1.88 bits per heavy atom. The molecule has 0 radical (unpaired) electrons. The van der Waals surface area contributed by atoms with Gasteiger partial charge in [-0.3, -0.25) is 0 Å².